The molecular formula is C20H25NO2. The van der Waals surface area contributed by atoms with Crippen LogP contribution in [0.1, 0.15) is 32.8 Å². The lowest BCUT2D eigenvalue weighted by Crippen LogP contribution is -2.23. The van der Waals surface area contributed by atoms with Crippen molar-refractivity contribution < 1.29 is 9.90 Å². The van der Waals surface area contributed by atoms with E-state index in [1.807, 2.05) is 49.4 Å². The maximum absolute atomic E-state index is 11.8. The summed E-state index contributed by atoms with van der Waals surface area (Å²) in [6.07, 6.45) is 10.6. The largest absolute Gasteiger partial charge is 0.508 e. The van der Waals surface area contributed by atoms with Crippen LogP contribution in [0.2, 0.25) is 0 Å². The molecule has 1 unspecified atom stereocenters. The number of rotatable bonds is 8. The predicted octanol–water partition coefficient (Wildman–Crippen LogP) is 4.56. The van der Waals surface area contributed by atoms with Crippen molar-refractivity contribution in [3.63, 3.8) is 0 Å². The van der Waals surface area contributed by atoms with Gasteiger partial charge in [-0.3, -0.25) is 4.79 Å². The van der Waals surface area contributed by atoms with Gasteiger partial charge in [0.1, 0.15) is 5.76 Å². The maximum atomic E-state index is 11.8. The summed E-state index contributed by atoms with van der Waals surface area (Å²) < 4.78 is 0. The standard InChI is InChI=1S/C20H25NO2/c1-4-16(2)21-17(3)14-20(23)15-19(22)13-9-8-12-18-10-6-5-7-11-18/h5-16,21-22H,4H2,1-3H3/b12-8+,13-9+,17-14+,19-15-. The molecule has 0 spiro atoms. The number of carbonyl (C=O) groups excluding carboxylic acids is 1. The van der Waals surface area contributed by atoms with Crippen molar-refractivity contribution in [1.82, 2.24) is 5.32 Å². The number of aliphatic hydroxyl groups is 1. The van der Waals surface area contributed by atoms with Crippen LogP contribution in [0.15, 0.2) is 72.2 Å². The van der Waals surface area contributed by atoms with Gasteiger partial charge in [-0.1, -0.05) is 55.5 Å². The number of allylic oxidation sites excluding steroid dienone is 6. The van der Waals surface area contributed by atoms with E-state index in [9.17, 15) is 9.90 Å². The van der Waals surface area contributed by atoms with Crippen LogP contribution in [0.25, 0.3) is 6.08 Å². The highest BCUT2D eigenvalue weighted by Gasteiger charge is 2.00. The second kappa shape index (κ2) is 10.2. The lowest BCUT2D eigenvalue weighted by atomic mass is 10.2. The molecule has 0 saturated carbocycles. The lowest BCUT2D eigenvalue weighted by molar-refractivity contribution is -0.110. The molecule has 0 amide bonds. The highest BCUT2D eigenvalue weighted by Crippen LogP contribution is 2.02. The molecule has 2 N–H and O–H groups in total. The highest BCUT2D eigenvalue weighted by atomic mass is 16.3. The SMILES string of the molecule is CCC(C)N/C(C)=C/C(=O)/C=C(O)/C=C/C=C/c1ccccc1. The molecule has 1 aromatic carbocycles. The van der Waals surface area contributed by atoms with Crippen LogP contribution in [0, 0.1) is 0 Å². The van der Waals surface area contributed by atoms with Gasteiger partial charge in [0.15, 0.2) is 5.78 Å². The number of hydrogen-bond acceptors (Lipinski definition) is 3. The number of nitrogens with one attached hydrogen (secondary N) is 1. The Morgan fingerprint density at radius 3 is 2.57 bits per heavy atom. The van der Waals surface area contributed by atoms with E-state index in [1.54, 1.807) is 6.08 Å². The Morgan fingerprint density at radius 1 is 1.22 bits per heavy atom. The average molecular weight is 311 g/mol. The minimum absolute atomic E-state index is 0.0692. The van der Waals surface area contributed by atoms with E-state index in [2.05, 4.69) is 19.2 Å². The van der Waals surface area contributed by atoms with Crippen molar-refractivity contribution in [2.24, 2.45) is 0 Å². The molecule has 122 valence electrons. The smallest absolute Gasteiger partial charge is 0.184 e. The zero-order valence-electron chi connectivity index (χ0n) is 14.0. The van der Waals surface area contributed by atoms with Gasteiger partial charge in [0.25, 0.3) is 0 Å². The summed E-state index contributed by atoms with van der Waals surface area (Å²) >= 11 is 0. The van der Waals surface area contributed by atoms with E-state index in [0.29, 0.717) is 6.04 Å². The molecule has 1 aromatic rings. The topological polar surface area (TPSA) is 49.3 Å². The van der Waals surface area contributed by atoms with Crippen LogP contribution >= 0.6 is 0 Å². The average Bonchev–Trinajstić information content (AvgIpc) is 2.52. The lowest BCUT2D eigenvalue weighted by Gasteiger charge is -2.12. The Bertz CT molecular complexity index is 610. The van der Waals surface area contributed by atoms with Gasteiger partial charge in [0.05, 0.1) is 0 Å². The third-order valence-electron chi connectivity index (χ3n) is 3.20. The second-order valence-corrected chi connectivity index (χ2v) is 5.38. The summed E-state index contributed by atoms with van der Waals surface area (Å²) in [5.74, 6) is -0.312. The third-order valence-corrected chi connectivity index (χ3v) is 3.20. The van der Waals surface area contributed by atoms with Crippen LogP contribution in [-0.2, 0) is 4.79 Å². The fourth-order valence-electron chi connectivity index (χ4n) is 1.87. The predicted molar refractivity (Wildman–Crippen MR) is 97.0 cm³/mol. The molecule has 0 bridgehead atoms. The van der Waals surface area contributed by atoms with E-state index < -0.39 is 0 Å². The molecule has 3 heteroatoms. The summed E-state index contributed by atoms with van der Waals surface area (Å²) in [5.41, 5.74) is 1.87. The number of ketones is 1. The van der Waals surface area contributed by atoms with Gasteiger partial charge in [0, 0.05) is 23.9 Å². The van der Waals surface area contributed by atoms with Gasteiger partial charge < -0.3 is 10.4 Å². The maximum Gasteiger partial charge on any atom is 0.184 e. The zero-order chi connectivity index (χ0) is 17.1. The first kappa shape index (κ1) is 18.5. The minimum atomic E-state index is -0.243. The van der Waals surface area contributed by atoms with Gasteiger partial charge in [0.2, 0.25) is 0 Å². The van der Waals surface area contributed by atoms with Crippen LogP contribution in [0.5, 0.6) is 0 Å². The summed E-state index contributed by atoms with van der Waals surface area (Å²) in [7, 11) is 0. The fourth-order valence-corrected chi connectivity index (χ4v) is 1.87. The van der Waals surface area contributed by atoms with E-state index in [0.717, 1.165) is 17.7 Å². The molecule has 3 nitrogen and oxygen atoms in total. The summed E-state index contributed by atoms with van der Waals surface area (Å²) in [6, 6.07) is 10.2. The molecule has 1 rings (SSSR count). The van der Waals surface area contributed by atoms with Crippen molar-refractivity contribution in [2.75, 3.05) is 0 Å². The molecule has 0 aliphatic heterocycles. The number of carbonyl (C=O) groups is 1. The first-order valence-corrected chi connectivity index (χ1v) is 7.80. The van der Waals surface area contributed by atoms with E-state index in [1.165, 1.54) is 18.2 Å². The van der Waals surface area contributed by atoms with E-state index >= 15 is 0 Å². The van der Waals surface area contributed by atoms with Crippen molar-refractivity contribution in [2.45, 2.75) is 33.2 Å². The van der Waals surface area contributed by atoms with Gasteiger partial charge in [-0.15, -0.1) is 0 Å². The Morgan fingerprint density at radius 2 is 1.91 bits per heavy atom. The molecule has 0 radical (unpaired) electrons. The highest BCUT2D eigenvalue weighted by molar-refractivity contribution is 6.00. The Hall–Kier alpha value is -2.55. The Balaban J connectivity index is 2.55. The first-order chi connectivity index (χ1) is 11.0. The molecular weight excluding hydrogens is 286 g/mol. The van der Waals surface area contributed by atoms with Crippen molar-refractivity contribution >= 4 is 11.9 Å². The van der Waals surface area contributed by atoms with Gasteiger partial charge >= 0.3 is 0 Å². The molecule has 23 heavy (non-hydrogen) atoms. The number of benzene rings is 1. The molecule has 1 atom stereocenters. The van der Waals surface area contributed by atoms with Crippen LogP contribution < -0.4 is 5.32 Å². The summed E-state index contributed by atoms with van der Waals surface area (Å²) in [6.45, 7) is 5.97. The Labute approximate surface area is 138 Å². The third kappa shape index (κ3) is 8.47. The quantitative estimate of drug-likeness (QED) is 0.420. The zero-order valence-corrected chi connectivity index (χ0v) is 14.0. The second-order valence-electron chi connectivity index (χ2n) is 5.38. The van der Waals surface area contributed by atoms with E-state index in [-0.39, 0.29) is 11.5 Å². The van der Waals surface area contributed by atoms with Crippen LogP contribution in [-0.4, -0.2) is 16.9 Å². The number of aliphatic hydroxyl groups excluding tert-OH is 1. The molecule has 0 heterocycles. The molecule has 0 aliphatic carbocycles. The monoisotopic (exact) mass is 311 g/mol. The Kier molecular flexibility index (Phi) is 8.22. The minimum Gasteiger partial charge on any atom is -0.508 e. The molecule has 0 saturated heterocycles. The van der Waals surface area contributed by atoms with Gasteiger partial charge in [-0.2, -0.15) is 0 Å². The summed E-state index contributed by atoms with van der Waals surface area (Å²) in [4.78, 5) is 11.8. The van der Waals surface area contributed by atoms with Crippen LogP contribution in [0.4, 0.5) is 0 Å². The summed E-state index contributed by atoms with van der Waals surface area (Å²) in [5, 5.41) is 12.9. The molecule has 0 aromatic heterocycles. The molecule has 0 fully saturated rings. The number of hydrogen-bond donors (Lipinski definition) is 2. The molecule has 0 aliphatic rings. The van der Waals surface area contributed by atoms with Crippen molar-refractivity contribution in [1.29, 1.82) is 0 Å². The first-order valence-electron chi connectivity index (χ1n) is 7.80. The van der Waals surface area contributed by atoms with Crippen molar-refractivity contribution in [3.8, 4) is 0 Å². The van der Waals surface area contributed by atoms with Gasteiger partial charge in [-0.05, 0) is 31.9 Å². The fraction of sp³-hybridized carbons (Fsp3) is 0.250. The van der Waals surface area contributed by atoms with E-state index in [4.69, 9.17) is 0 Å². The van der Waals surface area contributed by atoms with Crippen LogP contribution in [0.3, 0.4) is 0 Å². The normalized spacial score (nSPS) is 14.4. The van der Waals surface area contributed by atoms with Crippen molar-refractivity contribution in [3.05, 3.63) is 77.7 Å². The van der Waals surface area contributed by atoms with Gasteiger partial charge in [-0.25, -0.2) is 0 Å².